The molecule has 0 N–H and O–H groups in total. The highest BCUT2D eigenvalue weighted by Crippen LogP contribution is 2.44. The molecule has 0 aromatic heterocycles. The Bertz CT molecular complexity index is 379. The van der Waals surface area contributed by atoms with Gasteiger partial charge in [0.15, 0.2) is 0 Å². The summed E-state index contributed by atoms with van der Waals surface area (Å²) in [4.78, 5) is 0. The highest BCUT2D eigenvalue weighted by Gasteiger charge is 2.45. The molecule has 0 atom stereocenters. The summed E-state index contributed by atoms with van der Waals surface area (Å²) >= 11 is 0. The van der Waals surface area contributed by atoms with Crippen molar-refractivity contribution in [2.45, 2.75) is 12.4 Å². The maximum Gasteiger partial charge on any atom is 0.420 e. The van der Waals surface area contributed by atoms with Crippen molar-refractivity contribution in [3.8, 4) is 5.75 Å². The molecule has 0 saturated carbocycles. The van der Waals surface area contributed by atoms with Gasteiger partial charge in [-0.2, -0.15) is 26.3 Å². The molecule has 1 nitrogen and oxygen atoms in total. The van der Waals surface area contributed by atoms with Crippen molar-refractivity contribution in [2.24, 2.45) is 0 Å². The fourth-order valence-corrected chi connectivity index (χ4v) is 1.16. The molecule has 1 rings (SSSR count). The summed E-state index contributed by atoms with van der Waals surface area (Å²) in [6, 6.07) is 3.01. The number of halogens is 6. The number of alkyl halides is 6. The lowest BCUT2D eigenvalue weighted by molar-refractivity contribution is -0.163. The second-order valence-electron chi connectivity index (χ2n) is 2.80. The van der Waals surface area contributed by atoms with Crippen LogP contribution in [-0.4, -0.2) is 7.11 Å². The number of hydrogen-bond donors (Lipinski definition) is 0. The summed E-state index contributed by atoms with van der Waals surface area (Å²) in [5.74, 6) is -0.970. The molecular weight excluding hydrogens is 238 g/mol. The van der Waals surface area contributed by atoms with E-state index in [1.54, 1.807) is 0 Å². The Labute approximate surface area is 86.6 Å². The summed E-state index contributed by atoms with van der Waals surface area (Å²) in [6.45, 7) is 0. The van der Waals surface area contributed by atoms with E-state index in [0.29, 0.717) is 6.07 Å². The van der Waals surface area contributed by atoms with Gasteiger partial charge in [0.1, 0.15) is 11.3 Å². The quantitative estimate of drug-likeness (QED) is 0.685. The number of benzene rings is 1. The predicted molar refractivity (Wildman–Crippen MR) is 41.8 cm³/mol. The smallest absolute Gasteiger partial charge is 0.420 e. The van der Waals surface area contributed by atoms with Gasteiger partial charge in [-0.05, 0) is 12.1 Å². The van der Waals surface area contributed by atoms with E-state index in [-0.39, 0.29) is 0 Å². The van der Waals surface area contributed by atoms with Gasteiger partial charge in [0.2, 0.25) is 0 Å². The molecule has 0 fully saturated rings. The SMILES string of the molecule is COc1[c]ccc(C(F)(F)F)c1C(F)(F)F. The van der Waals surface area contributed by atoms with Crippen LogP contribution in [0.15, 0.2) is 12.1 Å². The minimum absolute atomic E-state index is 0.311. The Morgan fingerprint density at radius 2 is 1.62 bits per heavy atom. The third-order valence-electron chi connectivity index (χ3n) is 1.75. The lowest BCUT2D eigenvalue weighted by Crippen LogP contribution is -2.17. The normalized spacial score (nSPS) is 12.7. The first kappa shape index (κ1) is 12.7. The van der Waals surface area contributed by atoms with E-state index in [2.05, 4.69) is 4.74 Å². The van der Waals surface area contributed by atoms with Crippen molar-refractivity contribution in [1.82, 2.24) is 0 Å². The van der Waals surface area contributed by atoms with E-state index >= 15 is 0 Å². The van der Waals surface area contributed by atoms with E-state index in [4.69, 9.17) is 0 Å². The zero-order valence-electron chi connectivity index (χ0n) is 7.83. The maximum absolute atomic E-state index is 12.4. The maximum atomic E-state index is 12.4. The van der Waals surface area contributed by atoms with Crippen LogP contribution in [0.5, 0.6) is 5.75 Å². The molecule has 0 amide bonds. The summed E-state index contributed by atoms with van der Waals surface area (Å²) in [7, 11) is 0.848. The molecule has 89 valence electrons. The van der Waals surface area contributed by atoms with E-state index < -0.39 is 29.2 Å². The number of ether oxygens (including phenoxy) is 1. The molecule has 1 aromatic rings. The van der Waals surface area contributed by atoms with E-state index in [1.807, 2.05) is 6.07 Å². The van der Waals surface area contributed by atoms with Gasteiger partial charge in [0.25, 0.3) is 0 Å². The first-order valence-corrected chi connectivity index (χ1v) is 3.91. The van der Waals surface area contributed by atoms with Crippen molar-refractivity contribution in [3.63, 3.8) is 0 Å². The molecule has 0 spiro atoms. The van der Waals surface area contributed by atoms with Gasteiger partial charge in [0.05, 0.1) is 12.7 Å². The van der Waals surface area contributed by atoms with Crippen LogP contribution >= 0.6 is 0 Å². The van der Waals surface area contributed by atoms with Crippen LogP contribution in [0.4, 0.5) is 26.3 Å². The van der Waals surface area contributed by atoms with Crippen LogP contribution in [0.1, 0.15) is 11.1 Å². The third kappa shape index (κ3) is 2.40. The molecule has 0 aliphatic heterocycles. The first-order chi connectivity index (χ1) is 7.18. The Kier molecular flexibility index (Phi) is 3.07. The first-order valence-electron chi connectivity index (χ1n) is 3.91. The van der Waals surface area contributed by atoms with Crippen molar-refractivity contribution in [2.75, 3.05) is 7.11 Å². The lowest BCUT2D eigenvalue weighted by Gasteiger charge is -2.17. The summed E-state index contributed by atoms with van der Waals surface area (Å²) < 4.78 is 78.5. The highest BCUT2D eigenvalue weighted by molar-refractivity contribution is 5.43. The molecule has 0 aliphatic carbocycles. The summed E-state index contributed by atoms with van der Waals surface area (Å²) in [5, 5.41) is 0. The molecule has 0 saturated heterocycles. The van der Waals surface area contributed by atoms with Crippen LogP contribution in [0, 0.1) is 6.07 Å². The molecule has 7 heteroatoms. The fourth-order valence-electron chi connectivity index (χ4n) is 1.16. The largest absolute Gasteiger partial charge is 0.495 e. The standard InChI is InChI=1S/C9H5F6O/c1-16-6-4-2-3-5(8(10,11)12)7(6)9(13,14)15/h2-3H,1H3. The molecule has 0 unspecified atom stereocenters. The average Bonchev–Trinajstić information content (AvgIpc) is 2.13. The third-order valence-corrected chi connectivity index (χ3v) is 1.75. The van der Waals surface area contributed by atoms with Crippen molar-refractivity contribution in [1.29, 1.82) is 0 Å². The second-order valence-corrected chi connectivity index (χ2v) is 2.80. The molecule has 0 aliphatic rings. The van der Waals surface area contributed by atoms with Crippen molar-refractivity contribution in [3.05, 3.63) is 29.3 Å². The molecule has 1 aromatic carbocycles. The van der Waals surface area contributed by atoms with Gasteiger partial charge in [-0.1, -0.05) is 0 Å². The monoisotopic (exact) mass is 243 g/mol. The number of hydrogen-bond acceptors (Lipinski definition) is 1. The lowest BCUT2D eigenvalue weighted by atomic mass is 10.1. The average molecular weight is 243 g/mol. The fraction of sp³-hybridized carbons (Fsp3) is 0.333. The van der Waals surface area contributed by atoms with Crippen LogP contribution in [-0.2, 0) is 12.4 Å². The highest BCUT2D eigenvalue weighted by atomic mass is 19.4. The Morgan fingerprint density at radius 3 is 2.00 bits per heavy atom. The second kappa shape index (κ2) is 3.88. The van der Waals surface area contributed by atoms with Crippen molar-refractivity contribution < 1.29 is 31.1 Å². The van der Waals surface area contributed by atoms with Crippen LogP contribution < -0.4 is 4.74 Å². The number of rotatable bonds is 1. The predicted octanol–water partition coefficient (Wildman–Crippen LogP) is 3.53. The van der Waals surface area contributed by atoms with Gasteiger partial charge >= 0.3 is 12.4 Å². The van der Waals surface area contributed by atoms with Crippen LogP contribution in [0.3, 0.4) is 0 Å². The van der Waals surface area contributed by atoms with E-state index in [1.165, 1.54) is 0 Å². The zero-order chi connectivity index (χ0) is 12.6. The van der Waals surface area contributed by atoms with Gasteiger partial charge < -0.3 is 4.74 Å². The Balaban J connectivity index is 3.51. The van der Waals surface area contributed by atoms with Gasteiger partial charge in [-0.3, -0.25) is 0 Å². The minimum Gasteiger partial charge on any atom is -0.495 e. The van der Waals surface area contributed by atoms with E-state index in [0.717, 1.165) is 13.2 Å². The summed E-state index contributed by atoms with van der Waals surface area (Å²) in [6.07, 6.45) is -10.2. The summed E-state index contributed by atoms with van der Waals surface area (Å²) in [5.41, 5.74) is -3.64. The Morgan fingerprint density at radius 1 is 1.06 bits per heavy atom. The van der Waals surface area contributed by atoms with Crippen LogP contribution in [0.25, 0.3) is 0 Å². The molecule has 1 radical (unpaired) electrons. The van der Waals surface area contributed by atoms with Crippen LogP contribution in [0.2, 0.25) is 0 Å². The molecule has 0 bridgehead atoms. The Hall–Kier alpha value is -1.40. The molecular formula is C9H5F6O. The molecule has 16 heavy (non-hydrogen) atoms. The van der Waals surface area contributed by atoms with Gasteiger partial charge in [-0.25, -0.2) is 0 Å². The van der Waals surface area contributed by atoms with Gasteiger partial charge in [-0.15, -0.1) is 0 Å². The van der Waals surface area contributed by atoms with Crippen molar-refractivity contribution >= 4 is 0 Å². The molecule has 0 heterocycles. The number of methoxy groups -OCH3 is 1. The van der Waals surface area contributed by atoms with Gasteiger partial charge in [0, 0.05) is 6.07 Å². The topological polar surface area (TPSA) is 9.23 Å². The zero-order valence-corrected chi connectivity index (χ0v) is 7.83. The minimum atomic E-state index is -5.14. The van der Waals surface area contributed by atoms with E-state index in [9.17, 15) is 26.3 Å².